The van der Waals surface area contributed by atoms with Gasteiger partial charge in [0.1, 0.15) is 17.6 Å². The van der Waals surface area contributed by atoms with Gasteiger partial charge in [-0.25, -0.2) is 0 Å². The molecule has 0 aliphatic carbocycles. The van der Waals surface area contributed by atoms with Gasteiger partial charge in [-0.3, -0.25) is 0 Å². The number of benzene rings is 1. The maximum atomic E-state index is 9.83. The van der Waals surface area contributed by atoms with Gasteiger partial charge in [-0.05, 0) is 18.2 Å². The van der Waals surface area contributed by atoms with E-state index in [9.17, 15) is 5.11 Å². The summed E-state index contributed by atoms with van der Waals surface area (Å²) in [6, 6.07) is 11.3. The first-order valence-electron chi connectivity index (χ1n) is 5.85. The van der Waals surface area contributed by atoms with Crippen LogP contribution in [0.3, 0.4) is 0 Å². The van der Waals surface area contributed by atoms with Crippen LogP contribution in [0.1, 0.15) is 17.4 Å². The highest BCUT2D eigenvalue weighted by Crippen LogP contribution is 2.17. The van der Waals surface area contributed by atoms with E-state index in [-0.39, 0.29) is 0 Å². The topological polar surface area (TPSA) is 54.6 Å². The summed E-state index contributed by atoms with van der Waals surface area (Å²) in [5, 5.41) is 13.0. The van der Waals surface area contributed by atoms with E-state index in [2.05, 4.69) is 5.32 Å². The number of nitrogens with one attached hydrogen (secondary N) is 1. The molecule has 1 atom stereocenters. The fourth-order valence-electron chi connectivity index (χ4n) is 1.77. The monoisotopic (exact) mass is 247 g/mol. The Hall–Kier alpha value is -1.78. The highest BCUT2D eigenvalue weighted by molar-refractivity contribution is 5.32. The molecule has 2 aromatic rings. The minimum atomic E-state index is -0.630. The van der Waals surface area contributed by atoms with Gasteiger partial charge in [0.25, 0.3) is 0 Å². The van der Waals surface area contributed by atoms with Crippen molar-refractivity contribution < 1.29 is 14.3 Å². The van der Waals surface area contributed by atoms with Gasteiger partial charge in [-0.2, -0.15) is 0 Å². The van der Waals surface area contributed by atoms with Crippen molar-refractivity contribution in [3.63, 3.8) is 0 Å². The zero-order valence-electron chi connectivity index (χ0n) is 10.3. The van der Waals surface area contributed by atoms with Crippen LogP contribution in [0, 0.1) is 0 Å². The van der Waals surface area contributed by atoms with E-state index in [1.807, 2.05) is 24.3 Å². The van der Waals surface area contributed by atoms with Gasteiger partial charge in [0, 0.05) is 18.7 Å². The van der Waals surface area contributed by atoms with E-state index in [1.54, 1.807) is 25.5 Å². The third-order valence-corrected chi connectivity index (χ3v) is 2.72. The molecule has 0 amide bonds. The summed E-state index contributed by atoms with van der Waals surface area (Å²) in [6.07, 6.45) is 0.924. The molecule has 0 spiro atoms. The van der Waals surface area contributed by atoms with Crippen molar-refractivity contribution in [2.75, 3.05) is 13.7 Å². The van der Waals surface area contributed by atoms with Crippen LogP contribution in [0.15, 0.2) is 47.1 Å². The van der Waals surface area contributed by atoms with Gasteiger partial charge >= 0.3 is 0 Å². The first kappa shape index (κ1) is 12.7. The molecule has 4 nitrogen and oxygen atoms in total. The molecule has 1 heterocycles. The Labute approximate surface area is 106 Å². The number of para-hydroxylation sites is 1. The van der Waals surface area contributed by atoms with E-state index in [0.29, 0.717) is 18.8 Å². The minimum Gasteiger partial charge on any atom is -0.496 e. The number of methoxy groups -OCH3 is 1. The Bertz CT molecular complexity index is 468. The van der Waals surface area contributed by atoms with Crippen LogP contribution in [-0.2, 0) is 6.54 Å². The maximum absolute atomic E-state index is 9.83. The summed E-state index contributed by atoms with van der Waals surface area (Å²) in [5.74, 6) is 1.42. The van der Waals surface area contributed by atoms with E-state index < -0.39 is 6.10 Å². The molecule has 1 unspecified atom stereocenters. The van der Waals surface area contributed by atoms with E-state index in [4.69, 9.17) is 9.15 Å². The lowest BCUT2D eigenvalue weighted by atomic mass is 10.2. The van der Waals surface area contributed by atoms with E-state index >= 15 is 0 Å². The van der Waals surface area contributed by atoms with Crippen LogP contribution in [0.2, 0.25) is 0 Å². The molecule has 0 radical (unpaired) electrons. The summed E-state index contributed by atoms with van der Waals surface area (Å²) < 4.78 is 10.4. The number of aliphatic hydroxyl groups is 1. The average molecular weight is 247 g/mol. The molecule has 0 bridgehead atoms. The summed E-state index contributed by atoms with van der Waals surface area (Å²) in [7, 11) is 1.65. The number of aliphatic hydroxyl groups excluding tert-OH is 1. The van der Waals surface area contributed by atoms with E-state index in [1.165, 1.54) is 0 Å². The lowest BCUT2D eigenvalue weighted by molar-refractivity contribution is 0.147. The molecule has 0 saturated heterocycles. The predicted octanol–water partition coefficient (Wildman–Crippen LogP) is 2.11. The summed E-state index contributed by atoms with van der Waals surface area (Å²) in [4.78, 5) is 0. The smallest absolute Gasteiger partial charge is 0.133 e. The van der Waals surface area contributed by atoms with Gasteiger partial charge in [0.2, 0.25) is 0 Å². The average Bonchev–Trinajstić information content (AvgIpc) is 2.93. The molecule has 4 heteroatoms. The molecule has 0 saturated carbocycles. The van der Waals surface area contributed by atoms with Crippen LogP contribution in [0.5, 0.6) is 5.75 Å². The Morgan fingerprint density at radius 3 is 2.83 bits per heavy atom. The zero-order valence-corrected chi connectivity index (χ0v) is 10.3. The fraction of sp³-hybridized carbons (Fsp3) is 0.286. The third kappa shape index (κ3) is 3.12. The molecule has 0 aliphatic rings. The Morgan fingerprint density at radius 2 is 2.11 bits per heavy atom. The van der Waals surface area contributed by atoms with Crippen LogP contribution in [0.4, 0.5) is 0 Å². The lowest BCUT2D eigenvalue weighted by Gasteiger charge is -2.11. The predicted molar refractivity (Wildman–Crippen MR) is 68.4 cm³/mol. The van der Waals surface area contributed by atoms with Crippen LogP contribution >= 0.6 is 0 Å². The number of hydrogen-bond acceptors (Lipinski definition) is 4. The van der Waals surface area contributed by atoms with Crippen molar-refractivity contribution in [3.05, 3.63) is 54.0 Å². The zero-order chi connectivity index (χ0) is 12.8. The van der Waals surface area contributed by atoms with Gasteiger partial charge in [0.15, 0.2) is 0 Å². The van der Waals surface area contributed by atoms with Gasteiger partial charge < -0.3 is 19.6 Å². The number of hydrogen-bond donors (Lipinski definition) is 2. The van der Waals surface area contributed by atoms with Crippen molar-refractivity contribution in [1.29, 1.82) is 0 Å². The third-order valence-electron chi connectivity index (χ3n) is 2.72. The van der Waals surface area contributed by atoms with Crippen LogP contribution < -0.4 is 10.1 Å². The molecule has 2 N–H and O–H groups in total. The SMILES string of the molecule is COc1ccccc1CNCC(O)c1ccco1. The minimum absolute atomic E-state index is 0.436. The summed E-state index contributed by atoms with van der Waals surface area (Å²) in [6.45, 7) is 1.08. The van der Waals surface area contributed by atoms with Crippen molar-refractivity contribution in [3.8, 4) is 5.75 Å². The molecular weight excluding hydrogens is 230 g/mol. The normalized spacial score (nSPS) is 12.3. The standard InChI is InChI=1S/C14H17NO3/c1-17-13-6-3-2-5-11(13)9-15-10-12(16)14-7-4-8-18-14/h2-8,12,15-16H,9-10H2,1H3. The molecule has 0 fully saturated rings. The second-order valence-electron chi connectivity index (χ2n) is 3.97. The van der Waals surface area contributed by atoms with Crippen molar-refractivity contribution >= 4 is 0 Å². The Kier molecular flexibility index (Phi) is 4.39. The first-order valence-corrected chi connectivity index (χ1v) is 5.85. The van der Waals surface area contributed by atoms with Crippen molar-refractivity contribution in [2.45, 2.75) is 12.6 Å². The second-order valence-corrected chi connectivity index (χ2v) is 3.97. The molecule has 0 aliphatic heterocycles. The first-order chi connectivity index (χ1) is 8.81. The Balaban J connectivity index is 1.85. The molecule has 1 aromatic heterocycles. The van der Waals surface area contributed by atoms with E-state index in [0.717, 1.165) is 11.3 Å². The summed E-state index contributed by atoms with van der Waals surface area (Å²) >= 11 is 0. The van der Waals surface area contributed by atoms with Crippen molar-refractivity contribution in [1.82, 2.24) is 5.32 Å². The highest BCUT2D eigenvalue weighted by atomic mass is 16.5. The van der Waals surface area contributed by atoms with Gasteiger partial charge in [0.05, 0.1) is 13.4 Å². The number of rotatable bonds is 6. The largest absolute Gasteiger partial charge is 0.496 e. The van der Waals surface area contributed by atoms with Crippen LogP contribution in [-0.4, -0.2) is 18.8 Å². The second kappa shape index (κ2) is 6.23. The lowest BCUT2D eigenvalue weighted by Crippen LogP contribution is -2.21. The molecular formula is C14H17NO3. The molecule has 2 rings (SSSR count). The number of furan rings is 1. The van der Waals surface area contributed by atoms with Crippen molar-refractivity contribution in [2.24, 2.45) is 0 Å². The van der Waals surface area contributed by atoms with Gasteiger partial charge in [-0.15, -0.1) is 0 Å². The quantitative estimate of drug-likeness (QED) is 0.821. The van der Waals surface area contributed by atoms with Crippen LogP contribution in [0.25, 0.3) is 0 Å². The summed E-state index contributed by atoms with van der Waals surface area (Å²) in [5.41, 5.74) is 1.06. The van der Waals surface area contributed by atoms with Gasteiger partial charge in [-0.1, -0.05) is 18.2 Å². The molecule has 18 heavy (non-hydrogen) atoms. The maximum Gasteiger partial charge on any atom is 0.133 e. The molecule has 1 aromatic carbocycles. The Morgan fingerprint density at radius 1 is 1.28 bits per heavy atom. The highest BCUT2D eigenvalue weighted by Gasteiger charge is 2.10. The number of ether oxygens (including phenoxy) is 1. The molecule has 96 valence electrons. The fourth-order valence-corrected chi connectivity index (χ4v) is 1.77.